The average molecular weight is 1570 g/mol. The van der Waals surface area contributed by atoms with E-state index in [-0.39, 0.29) is 52.1 Å². The van der Waals surface area contributed by atoms with Crippen LogP contribution >= 0.6 is 15.6 Å². The van der Waals surface area contributed by atoms with Crippen molar-refractivity contribution in [1.82, 2.24) is 0 Å². The highest BCUT2D eigenvalue weighted by Gasteiger charge is 2.24. The van der Waals surface area contributed by atoms with Crippen LogP contribution in [0.4, 0.5) is 0 Å². The van der Waals surface area contributed by atoms with E-state index < -0.39 is 64.9 Å². The summed E-state index contributed by atoms with van der Waals surface area (Å²) >= 11 is 0. The Labute approximate surface area is 663 Å². The lowest BCUT2D eigenvalue weighted by molar-refractivity contribution is -0.870. The highest BCUT2D eigenvalue weighted by atomic mass is 31.2. The Morgan fingerprint density at radius 1 is 0.278 bits per heavy atom. The van der Waals surface area contributed by atoms with Crippen molar-refractivity contribution in [3.63, 3.8) is 0 Å². The smallest absolute Gasteiger partial charge is 0.306 e. The molecule has 0 amide bonds. The molecule has 0 fully saturated rings. The Morgan fingerprint density at radius 2 is 0.472 bits per heavy atom. The summed E-state index contributed by atoms with van der Waals surface area (Å²) in [6, 6.07) is 0. The van der Waals surface area contributed by atoms with Crippen LogP contribution in [0.25, 0.3) is 0 Å². The number of rotatable bonds is 80. The van der Waals surface area contributed by atoms with Crippen molar-refractivity contribution in [2.75, 3.05) is 95.0 Å². The van der Waals surface area contributed by atoms with Gasteiger partial charge in [0.15, 0.2) is 12.2 Å². The van der Waals surface area contributed by atoms with Crippen molar-refractivity contribution >= 4 is 39.5 Å². The third-order valence-corrected chi connectivity index (χ3v) is 20.8. The van der Waals surface area contributed by atoms with Crippen LogP contribution in [0.1, 0.15) is 387 Å². The zero-order chi connectivity index (χ0) is 80.0. The van der Waals surface area contributed by atoms with E-state index in [0.29, 0.717) is 34.9 Å². The molecule has 4 atom stereocenters. The summed E-state index contributed by atoms with van der Waals surface area (Å²) in [5.74, 6) is -1.70. The Bertz CT molecular complexity index is 2110. The number of phosphoric acid groups is 2. The SMILES string of the molecule is CCCCCCCC/C=C\CCCCCCCC(=O)OC[C@H](COP(=O)([O-])OCC[N+](C)(C)C)OC(=O)CCCCCCC/C=C\CCCCCCCC.CCCCCCCC/C=C\CCCCCCCC(=O)OC[C@H](COP(=O)([O-])OCC[N+](C)(C)C)OC(=O)CCCCCCC/C=C\CCCCCCCC. The van der Waals surface area contributed by atoms with Crippen LogP contribution < -0.4 is 9.79 Å². The predicted octanol–water partition coefficient (Wildman–Crippen LogP) is 23.4. The van der Waals surface area contributed by atoms with Gasteiger partial charge < -0.3 is 55.8 Å². The topological polar surface area (TPSA) is 222 Å². The van der Waals surface area contributed by atoms with Crippen LogP contribution in [0.15, 0.2) is 48.6 Å². The van der Waals surface area contributed by atoms with Gasteiger partial charge in [-0.3, -0.25) is 28.3 Å². The lowest BCUT2D eigenvalue weighted by atomic mass is 10.1. The zero-order valence-corrected chi connectivity index (χ0v) is 73.1. The van der Waals surface area contributed by atoms with E-state index in [4.69, 9.17) is 37.0 Å². The summed E-state index contributed by atoms with van der Waals surface area (Å²) < 4.78 is 67.7. The van der Waals surface area contributed by atoms with Crippen molar-refractivity contribution in [2.24, 2.45) is 0 Å². The fraction of sp³-hybridized carbons (Fsp3) is 0.864. The number of likely N-dealkylation sites (N-methyl/N-ethyl adjacent to an activating group) is 2. The second-order valence-corrected chi connectivity index (χ2v) is 34.9. The van der Waals surface area contributed by atoms with E-state index in [2.05, 4.69) is 76.3 Å². The molecular weight excluding hydrogens is 1400 g/mol. The maximum absolute atomic E-state index is 12.7. The third-order valence-electron chi connectivity index (χ3n) is 18.9. The quantitative estimate of drug-likeness (QED) is 0.0138. The molecule has 0 N–H and O–H groups in total. The highest BCUT2D eigenvalue weighted by Crippen LogP contribution is 2.39. The molecule has 0 saturated carbocycles. The molecule has 0 aromatic carbocycles. The average Bonchev–Trinajstić information content (AvgIpc) is 0.907. The van der Waals surface area contributed by atoms with E-state index in [0.717, 1.165) is 141 Å². The summed E-state index contributed by atoms with van der Waals surface area (Å²) in [6.07, 6.45) is 78.2. The lowest BCUT2D eigenvalue weighted by Gasteiger charge is -2.28. The molecule has 0 aromatic rings. The number of phosphoric ester groups is 2. The molecule has 0 aliphatic rings. The molecule has 0 spiro atoms. The van der Waals surface area contributed by atoms with Crippen molar-refractivity contribution in [2.45, 2.75) is 399 Å². The standard InChI is InChI=1S/2C44H84NO8P/c2*1-6-8-10-12-14-16-18-20-22-24-26-28-30-32-34-36-43(46)50-40-42(41-52-54(48,49)51-39-38-45(3,4)5)53-44(47)37-35-33-31-29-27-25-23-21-19-17-15-13-11-9-7-2/h2*20-23,42H,6-19,24-41H2,1-5H3/b2*22-20-,23-21-/t2*42-/m11/s1. The Morgan fingerprint density at radius 3 is 0.685 bits per heavy atom. The summed E-state index contributed by atoms with van der Waals surface area (Å²) in [5.41, 5.74) is 0. The van der Waals surface area contributed by atoms with Crippen LogP contribution in [-0.4, -0.2) is 140 Å². The summed E-state index contributed by atoms with van der Waals surface area (Å²) in [5, 5.41) is 0. The van der Waals surface area contributed by atoms with Gasteiger partial charge in [-0.25, -0.2) is 0 Å². The molecule has 18 nitrogen and oxygen atoms in total. The maximum atomic E-state index is 12.7. The molecule has 0 aliphatic carbocycles. The number of allylic oxidation sites excluding steroid dienone is 8. The maximum Gasteiger partial charge on any atom is 0.306 e. The Kier molecular flexibility index (Phi) is 77.2. The molecule has 0 heterocycles. The molecule has 108 heavy (non-hydrogen) atoms. The minimum Gasteiger partial charge on any atom is -0.756 e. The molecule has 0 bridgehead atoms. The summed E-state index contributed by atoms with van der Waals surface area (Å²) in [7, 11) is 2.32. The van der Waals surface area contributed by atoms with Gasteiger partial charge in [-0.05, 0) is 128 Å². The summed E-state index contributed by atoms with van der Waals surface area (Å²) in [4.78, 5) is 75.0. The normalized spacial score (nSPS) is 13.8. The van der Waals surface area contributed by atoms with Crippen LogP contribution in [0, 0.1) is 0 Å². The van der Waals surface area contributed by atoms with E-state index in [1.807, 2.05) is 42.3 Å². The van der Waals surface area contributed by atoms with Gasteiger partial charge >= 0.3 is 23.9 Å². The second-order valence-electron chi connectivity index (χ2n) is 32.1. The van der Waals surface area contributed by atoms with Gasteiger partial charge in [0.2, 0.25) is 0 Å². The van der Waals surface area contributed by atoms with Crippen molar-refractivity contribution in [1.29, 1.82) is 0 Å². The molecule has 0 rings (SSSR count). The van der Waals surface area contributed by atoms with Gasteiger partial charge in [-0.15, -0.1) is 0 Å². The fourth-order valence-electron chi connectivity index (χ4n) is 11.9. The highest BCUT2D eigenvalue weighted by molar-refractivity contribution is 7.46. The molecular formula is C88H168N2O16P2. The van der Waals surface area contributed by atoms with E-state index in [1.165, 1.54) is 180 Å². The number of carbonyl (C=O) groups is 4. The predicted molar refractivity (Wildman–Crippen MR) is 444 cm³/mol. The lowest BCUT2D eigenvalue weighted by Crippen LogP contribution is -2.37. The number of esters is 4. The van der Waals surface area contributed by atoms with Crippen LogP contribution in [-0.2, 0) is 65.4 Å². The first-order valence-electron chi connectivity index (χ1n) is 44.1. The third kappa shape index (κ3) is 87.0. The van der Waals surface area contributed by atoms with Crippen molar-refractivity contribution in [3.05, 3.63) is 48.6 Å². The monoisotopic (exact) mass is 1570 g/mol. The molecule has 0 aliphatic heterocycles. The number of hydrogen-bond donors (Lipinski definition) is 0. The van der Waals surface area contributed by atoms with Crippen LogP contribution in [0.5, 0.6) is 0 Å². The number of hydrogen-bond acceptors (Lipinski definition) is 16. The van der Waals surface area contributed by atoms with Crippen LogP contribution in [0.3, 0.4) is 0 Å². The van der Waals surface area contributed by atoms with Gasteiger partial charge in [0.25, 0.3) is 15.6 Å². The minimum absolute atomic E-state index is 0.0326. The molecule has 2 unspecified atom stereocenters. The fourth-order valence-corrected chi connectivity index (χ4v) is 13.3. The molecule has 636 valence electrons. The number of nitrogens with zero attached hydrogens (tertiary/aromatic N) is 2. The number of quaternary nitrogens is 2. The zero-order valence-electron chi connectivity index (χ0n) is 71.3. The van der Waals surface area contributed by atoms with Gasteiger partial charge in [0.1, 0.15) is 39.5 Å². The van der Waals surface area contributed by atoms with Crippen molar-refractivity contribution in [3.8, 4) is 0 Å². The Balaban J connectivity index is 0. The van der Waals surface area contributed by atoms with E-state index in [1.54, 1.807) is 0 Å². The molecule has 0 aromatic heterocycles. The second kappa shape index (κ2) is 77.9. The number of ether oxygens (including phenoxy) is 4. The molecule has 0 saturated heterocycles. The first-order chi connectivity index (χ1) is 52.0. The van der Waals surface area contributed by atoms with Gasteiger partial charge in [-0.1, -0.05) is 282 Å². The van der Waals surface area contributed by atoms with Gasteiger partial charge in [0.05, 0.1) is 55.5 Å². The largest absolute Gasteiger partial charge is 0.756 e. The number of carbonyl (C=O) groups excluding carboxylic acids is 4. The summed E-state index contributed by atoms with van der Waals surface area (Å²) in [6.45, 7) is 8.41. The van der Waals surface area contributed by atoms with Gasteiger partial charge in [-0.2, -0.15) is 0 Å². The van der Waals surface area contributed by atoms with E-state index in [9.17, 15) is 38.1 Å². The first kappa shape index (κ1) is 107. The van der Waals surface area contributed by atoms with Crippen molar-refractivity contribution < 1.29 is 84.1 Å². The van der Waals surface area contributed by atoms with E-state index >= 15 is 0 Å². The Hall–Kier alpha value is -3.02. The van der Waals surface area contributed by atoms with Gasteiger partial charge in [0, 0.05) is 25.7 Å². The number of unbranched alkanes of at least 4 members (excludes halogenated alkanes) is 44. The molecule has 20 heteroatoms. The van der Waals surface area contributed by atoms with Crippen LogP contribution in [0.2, 0.25) is 0 Å². The minimum atomic E-state index is -4.62. The molecule has 0 radical (unpaired) electrons. The first-order valence-corrected chi connectivity index (χ1v) is 47.0.